The van der Waals surface area contributed by atoms with Gasteiger partial charge in [0.2, 0.25) is 0 Å². The number of carbonyl (C=O) groups excluding carboxylic acids is 1. The molecular formula is C19H21N3O2. The van der Waals surface area contributed by atoms with Crippen molar-refractivity contribution >= 4 is 11.7 Å². The van der Waals surface area contributed by atoms with Crippen LogP contribution < -0.4 is 15.4 Å². The van der Waals surface area contributed by atoms with E-state index in [0.29, 0.717) is 30.3 Å². The minimum absolute atomic E-state index is 0.364. The Morgan fingerprint density at radius 1 is 1.21 bits per heavy atom. The lowest BCUT2D eigenvalue weighted by Gasteiger charge is -2.11. The Bertz CT molecular complexity index is 735. The van der Waals surface area contributed by atoms with Crippen LogP contribution in [-0.2, 0) is 0 Å². The number of rotatable bonds is 6. The Morgan fingerprint density at radius 2 is 2.00 bits per heavy atom. The molecule has 2 aromatic carbocycles. The highest BCUT2D eigenvalue weighted by Crippen LogP contribution is 2.19. The van der Waals surface area contributed by atoms with E-state index in [4.69, 9.17) is 10.00 Å². The maximum absolute atomic E-state index is 11.8. The van der Waals surface area contributed by atoms with Crippen LogP contribution in [0.2, 0.25) is 0 Å². The van der Waals surface area contributed by atoms with E-state index in [2.05, 4.69) is 30.5 Å². The summed E-state index contributed by atoms with van der Waals surface area (Å²) in [5.41, 5.74) is 2.13. The Morgan fingerprint density at radius 3 is 2.75 bits per heavy atom. The predicted octanol–water partition coefficient (Wildman–Crippen LogP) is 3.88. The first-order chi connectivity index (χ1) is 11.6. The molecule has 0 fully saturated rings. The minimum Gasteiger partial charge on any atom is -0.492 e. The van der Waals surface area contributed by atoms with Crippen molar-refractivity contribution in [2.75, 3.05) is 18.5 Å². The molecule has 0 aliphatic heterocycles. The van der Waals surface area contributed by atoms with Crippen LogP contribution in [0.1, 0.15) is 30.9 Å². The molecule has 2 N–H and O–H groups in total. The van der Waals surface area contributed by atoms with Gasteiger partial charge in [0, 0.05) is 0 Å². The second-order valence-corrected chi connectivity index (χ2v) is 5.61. The summed E-state index contributed by atoms with van der Waals surface area (Å²) in [5.74, 6) is 1.23. The first-order valence-corrected chi connectivity index (χ1v) is 7.87. The largest absolute Gasteiger partial charge is 0.492 e. The van der Waals surface area contributed by atoms with Crippen molar-refractivity contribution in [2.45, 2.75) is 19.8 Å². The van der Waals surface area contributed by atoms with Crippen LogP contribution in [0.25, 0.3) is 0 Å². The molecule has 2 amide bonds. The lowest BCUT2D eigenvalue weighted by atomic mass is 10.0. The van der Waals surface area contributed by atoms with Crippen LogP contribution in [0, 0.1) is 11.3 Å². The van der Waals surface area contributed by atoms with Gasteiger partial charge >= 0.3 is 6.03 Å². The molecule has 2 aromatic rings. The molecule has 0 atom stereocenters. The van der Waals surface area contributed by atoms with Crippen molar-refractivity contribution in [3.8, 4) is 11.8 Å². The molecule has 0 aliphatic rings. The zero-order chi connectivity index (χ0) is 17.4. The molecule has 0 radical (unpaired) electrons. The van der Waals surface area contributed by atoms with E-state index in [9.17, 15) is 4.79 Å². The standard InChI is InChI=1S/C19H21N3O2/c1-14(2)15-7-5-8-17(12-15)24-11-10-21-19(23)22-18-9-4-3-6-16(18)13-20/h3-9,12,14H,10-11H2,1-2H3,(H2,21,22,23). The maximum atomic E-state index is 11.8. The van der Waals surface area contributed by atoms with E-state index in [1.165, 1.54) is 5.56 Å². The molecule has 0 bridgehead atoms. The molecule has 0 unspecified atom stereocenters. The quantitative estimate of drug-likeness (QED) is 0.792. The molecule has 5 nitrogen and oxygen atoms in total. The number of hydrogen-bond acceptors (Lipinski definition) is 3. The van der Waals surface area contributed by atoms with E-state index in [1.54, 1.807) is 24.3 Å². The molecule has 0 heterocycles. The Labute approximate surface area is 142 Å². The van der Waals surface area contributed by atoms with E-state index in [-0.39, 0.29) is 6.03 Å². The molecule has 5 heteroatoms. The van der Waals surface area contributed by atoms with E-state index in [0.717, 1.165) is 5.75 Å². The highest BCUT2D eigenvalue weighted by Gasteiger charge is 2.05. The third kappa shape index (κ3) is 5.03. The maximum Gasteiger partial charge on any atom is 0.319 e. The zero-order valence-electron chi connectivity index (χ0n) is 13.9. The summed E-state index contributed by atoms with van der Waals surface area (Å²) in [6, 6.07) is 16.5. The average Bonchev–Trinajstić information content (AvgIpc) is 2.59. The van der Waals surface area contributed by atoms with E-state index < -0.39 is 0 Å². The number of nitriles is 1. The molecule has 0 aromatic heterocycles. The van der Waals surface area contributed by atoms with E-state index in [1.807, 2.05) is 24.3 Å². The lowest BCUT2D eigenvalue weighted by molar-refractivity contribution is 0.247. The first kappa shape index (κ1) is 17.4. The summed E-state index contributed by atoms with van der Waals surface area (Å²) >= 11 is 0. The van der Waals surface area contributed by atoms with E-state index >= 15 is 0 Å². The number of nitrogens with one attached hydrogen (secondary N) is 2. The van der Waals surface area contributed by atoms with Gasteiger partial charge in [0.25, 0.3) is 0 Å². The number of ether oxygens (including phenoxy) is 1. The highest BCUT2D eigenvalue weighted by molar-refractivity contribution is 5.90. The summed E-state index contributed by atoms with van der Waals surface area (Å²) in [4.78, 5) is 11.8. The molecule has 0 saturated carbocycles. The van der Waals surface area contributed by atoms with Crippen LogP contribution in [0.15, 0.2) is 48.5 Å². The van der Waals surface area contributed by atoms with Gasteiger partial charge in [0.05, 0.1) is 17.8 Å². The number of carbonyl (C=O) groups is 1. The molecule has 0 saturated heterocycles. The highest BCUT2D eigenvalue weighted by atomic mass is 16.5. The number of amides is 2. The number of anilines is 1. The third-order valence-corrected chi connectivity index (χ3v) is 3.48. The van der Waals surface area contributed by atoms with Gasteiger partial charge in [-0.1, -0.05) is 38.1 Å². The molecule has 0 aliphatic carbocycles. The van der Waals surface area contributed by atoms with Gasteiger partial charge in [-0.05, 0) is 35.7 Å². The van der Waals surface area contributed by atoms with Crippen LogP contribution in [-0.4, -0.2) is 19.2 Å². The second kappa shape index (κ2) is 8.59. The van der Waals surface area contributed by atoms with Gasteiger partial charge in [-0.15, -0.1) is 0 Å². The summed E-state index contributed by atoms with van der Waals surface area (Å²) in [6.07, 6.45) is 0. The molecule has 2 rings (SSSR count). The molecule has 0 spiro atoms. The van der Waals surface area contributed by atoms with Crippen LogP contribution in [0.4, 0.5) is 10.5 Å². The number of nitrogens with zero attached hydrogens (tertiary/aromatic N) is 1. The van der Waals surface area contributed by atoms with Gasteiger partial charge in [0.1, 0.15) is 18.4 Å². The van der Waals surface area contributed by atoms with Gasteiger partial charge in [-0.2, -0.15) is 5.26 Å². The molecule has 24 heavy (non-hydrogen) atoms. The van der Waals surface area contributed by atoms with Crippen molar-refractivity contribution in [3.63, 3.8) is 0 Å². The number of hydrogen-bond donors (Lipinski definition) is 2. The van der Waals surface area contributed by atoms with Crippen LogP contribution >= 0.6 is 0 Å². The van der Waals surface area contributed by atoms with Crippen molar-refractivity contribution in [2.24, 2.45) is 0 Å². The molecular weight excluding hydrogens is 302 g/mol. The summed E-state index contributed by atoms with van der Waals surface area (Å²) in [6.45, 7) is 5.00. The van der Waals surface area contributed by atoms with Gasteiger partial charge in [0.15, 0.2) is 0 Å². The third-order valence-electron chi connectivity index (χ3n) is 3.48. The lowest BCUT2D eigenvalue weighted by Crippen LogP contribution is -2.32. The summed E-state index contributed by atoms with van der Waals surface area (Å²) < 4.78 is 5.65. The molecule has 124 valence electrons. The normalized spacial score (nSPS) is 10.1. The fraction of sp³-hybridized carbons (Fsp3) is 0.263. The van der Waals surface area contributed by atoms with Gasteiger partial charge in [-0.25, -0.2) is 4.79 Å². The number of benzene rings is 2. The SMILES string of the molecule is CC(C)c1cccc(OCCNC(=O)Nc2ccccc2C#N)c1. The summed E-state index contributed by atoms with van der Waals surface area (Å²) in [5, 5.41) is 14.4. The first-order valence-electron chi connectivity index (χ1n) is 7.87. The van der Waals surface area contributed by atoms with Crippen LogP contribution in [0.5, 0.6) is 5.75 Å². The fourth-order valence-electron chi connectivity index (χ4n) is 2.15. The predicted molar refractivity (Wildman–Crippen MR) is 94.2 cm³/mol. The Kier molecular flexibility index (Phi) is 6.21. The average molecular weight is 323 g/mol. The summed E-state index contributed by atoms with van der Waals surface area (Å²) in [7, 11) is 0. The van der Waals surface area contributed by atoms with Gasteiger partial charge in [-0.3, -0.25) is 0 Å². The topological polar surface area (TPSA) is 74.2 Å². The Balaban J connectivity index is 1.77. The smallest absolute Gasteiger partial charge is 0.319 e. The number of para-hydroxylation sites is 1. The van der Waals surface area contributed by atoms with Crippen molar-refractivity contribution < 1.29 is 9.53 Å². The monoisotopic (exact) mass is 323 g/mol. The fourth-order valence-corrected chi connectivity index (χ4v) is 2.15. The Hall–Kier alpha value is -3.00. The zero-order valence-corrected chi connectivity index (χ0v) is 13.9. The van der Waals surface area contributed by atoms with Gasteiger partial charge < -0.3 is 15.4 Å². The second-order valence-electron chi connectivity index (χ2n) is 5.61. The van der Waals surface area contributed by atoms with Crippen LogP contribution in [0.3, 0.4) is 0 Å². The van der Waals surface area contributed by atoms with Crippen molar-refractivity contribution in [3.05, 3.63) is 59.7 Å². The minimum atomic E-state index is -0.364. The number of urea groups is 1. The van der Waals surface area contributed by atoms with Crippen molar-refractivity contribution in [1.29, 1.82) is 5.26 Å². The van der Waals surface area contributed by atoms with Crippen molar-refractivity contribution in [1.82, 2.24) is 5.32 Å².